The predicted octanol–water partition coefficient (Wildman–Crippen LogP) is 1.92. The van der Waals surface area contributed by atoms with Crippen LogP contribution in [-0.4, -0.2) is 65.1 Å². The number of pyridine rings is 2. The van der Waals surface area contributed by atoms with Crippen molar-refractivity contribution < 1.29 is 18.9 Å². The molecular formula is C20H22Cl2N6O5. The minimum absolute atomic E-state index is 0.231. The highest BCUT2D eigenvalue weighted by Gasteiger charge is 2.19. The average molecular weight is 497 g/mol. The van der Waals surface area contributed by atoms with Gasteiger partial charge in [-0.2, -0.15) is 0 Å². The predicted molar refractivity (Wildman–Crippen MR) is 122 cm³/mol. The van der Waals surface area contributed by atoms with Gasteiger partial charge in [0.05, 0.1) is 51.4 Å². The molecule has 13 heteroatoms. The second-order valence-corrected chi connectivity index (χ2v) is 7.75. The number of nitrogens with two attached hydrogens (primary N) is 1. The minimum Gasteiger partial charge on any atom is -0.396 e. The molecule has 176 valence electrons. The van der Waals surface area contributed by atoms with Gasteiger partial charge in [0.1, 0.15) is 15.8 Å². The molecule has 2 saturated heterocycles. The van der Waals surface area contributed by atoms with Gasteiger partial charge in [-0.25, -0.2) is 15.0 Å². The first kappa shape index (κ1) is 23.6. The number of halogens is 2. The maximum absolute atomic E-state index is 11.8. The first-order chi connectivity index (χ1) is 16.0. The largest absolute Gasteiger partial charge is 0.396 e. The van der Waals surface area contributed by atoms with Crippen LogP contribution < -0.4 is 16.6 Å². The van der Waals surface area contributed by atoms with E-state index in [-0.39, 0.29) is 18.4 Å². The van der Waals surface area contributed by atoms with E-state index < -0.39 is 6.29 Å². The van der Waals surface area contributed by atoms with Crippen LogP contribution in [0.25, 0.3) is 11.2 Å². The van der Waals surface area contributed by atoms with E-state index in [0.29, 0.717) is 65.9 Å². The van der Waals surface area contributed by atoms with E-state index in [0.717, 1.165) is 0 Å². The van der Waals surface area contributed by atoms with E-state index in [2.05, 4.69) is 20.3 Å². The Morgan fingerprint density at radius 3 is 2.33 bits per heavy atom. The van der Waals surface area contributed by atoms with Gasteiger partial charge in [0.15, 0.2) is 24.0 Å². The molecule has 3 aromatic rings. The van der Waals surface area contributed by atoms with Crippen molar-refractivity contribution in [1.29, 1.82) is 0 Å². The highest BCUT2D eigenvalue weighted by atomic mass is 35.5. The number of anilines is 2. The van der Waals surface area contributed by atoms with Crippen LogP contribution in [0.1, 0.15) is 0 Å². The van der Waals surface area contributed by atoms with E-state index in [4.69, 9.17) is 47.9 Å². The quantitative estimate of drug-likeness (QED) is 0.504. The maximum atomic E-state index is 11.8. The van der Waals surface area contributed by atoms with Crippen LogP contribution in [-0.2, 0) is 25.5 Å². The summed E-state index contributed by atoms with van der Waals surface area (Å²) < 4.78 is 22.6. The Morgan fingerprint density at radius 2 is 1.61 bits per heavy atom. The zero-order valence-electron chi connectivity index (χ0n) is 17.4. The molecule has 0 spiro atoms. The number of ether oxygens (including phenoxy) is 4. The maximum Gasteiger partial charge on any atom is 0.270 e. The van der Waals surface area contributed by atoms with Crippen LogP contribution in [0.4, 0.5) is 11.5 Å². The Labute approximate surface area is 198 Å². The van der Waals surface area contributed by atoms with E-state index in [1.165, 1.54) is 10.8 Å². The Bertz CT molecular complexity index is 1150. The van der Waals surface area contributed by atoms with Crippen LogP contribution in [0.15, 0.2) is 35.3 Å². The Balaban J connectivity index is 0.000000160. The van der Waals surface area contributed by atoms with Gasteiger partial charge in [0.25, 0.3) is 5.56 Å². The molecule has 11 nitrogen and oxygen atoms in total. The molecule has 0 atom stereocenters. The molecule has 2 aliphatic heterocycles. The van der Waals surface area contributed by atoms with Crippen molar-refractivity contribution in [3.8, 4) is 0 Å². The van der Waals surface area contributed by atoms with Gasteiger partial charge in [-0.15, -0.1) is 0 Å². The lowest BCUT2D eigenvalue weighted by molar-refractivity contribution is -0.0524. The van der Waals surface area contributed by atoms with Crippen molar-refractivity contribution in [3.05, 3.63) is 51.1 Å². The standard InChI is InChI=1S/C11H10ClN3O3.C9H12ClN3O2/c12-8-2-1-7-11(14-8)15(9(16)5-13-7)6-10-17-3-4-18-10;10-7-2-1-6(11)9(13-7)12-5-8-14-3-4-15-8/h1-2,5,10H,3-4,6H2;1-2,8H,3-5,11H2,(H,12,13). The summed E-state index contributed by atoms with van der Waals surface area (Å²) >= 11 is 11.6. The van der Waals surface area contributed by atoms with Crippen LogP contribution in [0.2, 0.25) is 10.3 Å². The molecule has 0 amide bonds. The van der Waals surface area contributed by atoms with Crippen LogP contribution in [0.3, 0.4) is 0 Å². The monoisotopic (exact) mass is 496 g/mol. The fraction of sp³-hybridized carbons (Fsp3) is 0.400. The van der Waals surface area contributed by atoms with Gasteiger partial charge in [-0.05, 0) is 24.3 Å². The highest BCUT2D eigenvalue weighted by molar-refractivity contribution is 6.30. The summed E-state index contributed by atoms with van der Waals surface area (Å²) in [6.07, 6.45) is 0.603. The summed E-state index contributed by atoms with van der Waals surface area (Å²) in [5, 5.41) is 3.74. The number of nitrogens with one attached hydrogen (secondary N) is 1. The van der Waals surface area contributed by atoms with Gasteiger partial charge in [0, 0.05) is 0 Å². The van der Waals surface area contributed by atoms with Crippen molar-refractivity contribution in [2.45, 2.75) is 19.1 Å². The van der Waals surface area contributed by atoms with Gasteiger partial charge >= 0.3 is 0 Å². The van der Waals surface area contributed by atoms with Crippen LogP contribution in [0.5, 0.6) is 0 Å². The lowest BCUT2D eigenvalue weighted by Crippen LogP contribution is -2.28. The summed E-state index contributed by atoms with van der Waals surface area (Å²) in [7, 11) is 0. The molecule has 0 saturated carbocycles. The number of hydrogen-bond acceptors (Lipinski definition) is 10. The zero-order valence-corrected chi connectivity index (χ0v) is 19.0. The summed E-state index contributed by atoms with van der Waals surface area (Å²) in [5.41, 5.74) is 7.06. The topological polar surface area (TPSA) is 136 Å². The Kier molecular flexibility index (Phi) is 7.91. The third kappa shape index (κ3) is 6.28. The Morgan fingerprint density at radius 1 is 0.970 bits per heavy atom. The smallest absolute Gasteiger partial charge is 0.270 e. The normalized spacial score (nSPS) is 16.7. The Hall–Kier alpha value is -2.54. The molecule has 2 fully saturated rings. The molecule has 0 bridgehead atoms. The molecule has 5 rings (SSSR count). The van der Waals surface area contributed by atoms with Crippen molar-refractivity contribution in [2.75, 3.05) is 44.0 Å². The zero-order chi connectivity index (χ0) is 23.2. The molecule has 0 aromatic carbocycles. The fourth-order valence-corrected chi connectivity index (χ4v) is 3.44. The lowest BCUT2D eigenvalue weighted by Gasteiger charge is -2.12. The molecule has 3 N–H and O–H groups in total. The fourth-order valence-electron chi connectivity index (χ4n) is 3.15. The first-order valence-electron chi connectivity index (χ1n) is 10.1. The molecule has 2 aliphatic rings. The average Bonchev–Trinajstić information content (AvgIpc) is 3.51. The van der Waals surface area contributed by atoms with E-state index in [1.54, 1.807) is 24.3 Å². The van der Waals surface area contributed by atoms with E-state index >= 15 is 0 Å². The molecular weight excluding hydrogens is 475 g/mol. The van der Waals surface area contributed by atoms with Crippen LogP contribution in [0, 0.1) is 0 Å². The van der Waals surface area contributed by atoms with E-state index in [1.807, 2.05) is 0 Å². The summed E-state index contributed by atoms with van der Waals surface area (Å²) in [6.45, 7) is 3.13. The van der Waals surface area contributed by atoms with Crippen molar-refractivity contribution in [1.82, 2.24) is 19.5 Å². The third-order valence-corrected chi connectivity index (χ3v) is 5.12. The molecule has 0 aliphatic carbocycles. The number of aromatic nitrogens is 4. The molecule has 3 aromatic heterocycles. The first-order valence-corrected chi connectivity index (χ1v) is 10.9. The summed E-state index contributed by atoms with van der Waals surface area (Å²) in [6, 6.07) is 6.70. The van der Waals surface area contributed by atoms with E-state index in [9.17, 15) is 4.79 Å². The van der Waals surface area contributed by atoms with Gasteiger partial charge < -0.3 is 30.0 Å². The second-order valence-electron chi connectivity index (χ2n) is 6.98. The number of fused-ring (bicyclic) bond motifs is 1. The number of nitrogen functional groups attached to an aromatic ring is 1. The lowest BCUT2D eigenvalue weighted by atomic mass is 10.4. The van der Waals surface area contributed by atoms with Gasteiger partial charge in [-0.3, -0.25) is 9.36 Å². The van der Waals surface area contributed by atoms with Gasteiger partial charge in [0.2, 0.25) is 0 Å². The molecule has 0 unspecified atom stereocenters. The number of rotatable bonds is 5. The number of nitrogens with zero attached hydrogens (tertiary/aromatic N) is 4. The van der Waals surface area contributed by atoms with Crippen molar-refractivity contribution >= 4 is 45.9 Å². The summed E-state index contributed by atoms with van der Waals surface area (Å²) in [4.78, 5) is 24.0. The van der Waals surface area contributed by atoms with Crippen molar-refractivity contribution in [3.63, 3.8) is 0 Å². The SMILES string of the molecule is Nc1ccc(Cl)nc1NCC1OCCO1.O=c1cnc2ccc(Cl)nc2n1CC1OCCO1. The molecule has 33 heavy (non-hydrogen) atoms. The van der Waals surface area contributed by atoms with Crippen LogP contribution >= 0.6 is 23.2 Å². The van der Waals surface area contributed by atoms with Crippen molar-refractivity contribution in [2.24, 2.45) is 0 Å². The highest BCUT2D eigenvalue weighted by Crippen LogP contribution is 2.19. The summed E-state index contributed by atoms with van der Waals surface area (Å²) in [5.74, 6) is 0.557. The van der Waals surface area contributed by atoms with Gasteiger partial charge in [-0.1, -0.05) is 23.2 Å². The minimum atomic E-state index is -0.422. The number of hydrogen-bond donors (Lipinski definition) is 2. The second kappa shape index (κ2) is 11.1. The molecule has 0 radical (unpaired) electrons. The third-order valence-electron chi connectivity index (χ3n) is 4.70. The molecule has 5 heterocycles.